The Bertz CT molecular complexity index is 1240. The number of aryl methyl sites for hydroxylation is 1. The van der Waals surface area contributed by atoms with Gasteiger partial charge in [-0.1, -0.05) is 125 Å². The first-order valence-electron chi connectivity index (χ1n) is 14.3. The van der Waals surface area contributed by atoms with E-state index in [-0.39, 0.29) is 5.78 Å². The second-order valence-corrected chi connectivity index (χ2v) is 10.3. The molecule has 0 fully saturated rings. The SMILES string of the molecule is CCCCCCCCCCCCc1ccc(-c2c3ccccc3cc[n+]2CC(=O)c2ccccc2)cc1. The molecule has 4 aromatic rings. The minimum absolute atomic E-state index is 0.125. The number of hydrogen-bond donors (Lipinski definition) is 0. The number of carbonyl (C=O) groups is 1. The highest BCUT2D eigenvalue weighted by molar-refractivity contribution is 5.96. The second-order valence-electron chi connectivity index (χ2n) is 10.3. The van der Waals surface area contributed by atoms with E-state index in [0.29, 0.717) is 6.54 Å². The Hall–Kier alpha value is -3.26. The summed E-state index contributed by atoms with van der Waals surface area (Å²) in [5, 5.41) is 2.36. The van der Waals surface area contributed by atoms with E-state index in [0.717, 1.165) is 23.2 Å². The first-order valence-corrected chi connectivity index (χ1v) is 14.3. The smallest absolute Gasteiger partial charge is 0.227 e. The quantitative estimate of drug-likeness (QED) is 0.0920. The van der Waals surface area contributed by atoms with Crippen molar-refractivity contribution in [1.29, 1.82) is 0 Å². The standard InChI is InChI=1S/C35H42NO/c1-2-3-4-5-6-7-8-9-10-12-17-29-22-24-32(25-23-29)35-33-21-16-15-18-30(33)26-27-36(35)28-34(37)31-19-13-11-14-20-31/h11,13-16,18-27H,2-10,12,17,28H2,1H3/q+1. The monoisotopic (exact) mass is 492 g/mol. The summed E-state index contributed by atoms with van der Waals surface area (Å²) in [5.41, 5.74) is 4.41. The number of pyridine rings is 1. The van der Waals surface area contributed by atoms with Gasteiger partial charge in [-0.3, -0.25) is 4.79 Å². The summed E-state index contributed by atoms with van der Waals surface area (Å²) in [4.78, 5) is 13.0. The van der Waals surface area contributed by atoms with Crippen molar-refractivity contribution in [2.45, 2.75) is 84.1 Å². The minimum atomic E-state index is 0.125. The van der Waals surface area contributed by atoms with E-state index in [2.05, 4.69) is 72.3 Å². The number of hydrogen-bond acceptors (Lipinski definition) is 1. The lowest BCUT2D eigenvalue weighted by Crippen LogP contribution is -2.40. The molecule has 0 N–H and O–H groups in total. The molecule has 0 aliphatic heterocycles. The van der Waals surface area contributed by atoms with Gasteiger partial charge in [-0.25, -0.2) is 0 Å². The first kappa shape index (κ1) is 26.8. The maximum absolute atomic E-state index is 13.0. The van der Waals surface area contributed by atoms with Crippen molar-refractivity contribution >= 4 is 16.6 Å². The van der Waals surface area contributed by atoms with E-state index in [1.165, 1.54) is 80.5 Å². The molecule has 2 nitrogen and oxygen atoms in total. The lowest BCUT2D eigenvalue weighted by Gasteiger charge is -2.09. The number of rotatable bonds is 15. The second kappa shape index (κ2) is 14.5. The molecule has 0 amide bonds. The zero-order valence-corrected chi connectivity index (χ0v) is 22.5. The van der Waals surface area contributed by atoms with Gasteiger partial charge in [-0.2, -0.15) is 4.57 Å². The van der Waals surface area contributed by atoms with Crippen LogP contribution >= 0.6 is 0 Å². The number of Topliss-reactive ketones (excluding diaryl/α,β-unsaturated/α-hetero) is 1. The van der Waals surface area contributed by atoms with Crippen molar-refractivity contribution in [2.75, 3.05) is 0 Å². The Morgan fingerprint density at radius 2 is 1.27 bits per heavy atom. The normalized spacial score (nSPS) is 11.2. The number of unbranched alkanes of at least 4 members (excludes halogenated alkanes) is 9. The summed E-state index contributed by atoms with van der Waals surface area (Å²) < 4.78 is 2.11. The molecule has 0 spiro atoms. The van der Waals surface area contributed by atoms with Crippen molar-refractivity contribution in [3.63, 3.8) is 0 Å². The van der Waals surface area contributed by atoms with Crippen LogP contribution in [0.15, 0.2) is 91.1 Å². The van der Waals surface area contributed by atoms with Crippen LogP contribution in [0.25, 0.3) is 22.0 Å². The van der Waals surface area contributed by atoms with Crippen molar-refractivity contribution in [1.82, 2.24) is 0 Å². The summed E-state index contributed by atoms with van der Waals surface area (Å²) in [7, 11) is 0. The molecule has 1 heterocycles. The van der Waals surface area contributed by atoms with Crippen LogP contribution in [0.3, 0.4) is 0 Å². The summed E-state index contributed by atoms with van der Waals surface area (Å²) in [6.45, 7) is 2.60. The lowest BCUT2D eigenvalue weighted by atomic mass is 9.99. The van der Waals surface area contributed by atoms with Gasteiger partial charge >= 0.3 is 0 Å². The molecule has 0 aliphatic rings. The molecule has 3 aromatic carbocycles. The van der Waals surface area contributed by atoms with Gasteiger partial charge < -0.3 is 0 Å². The van der Waals surface area contributed by atoms with Crippen LogP contribution in [-0.4, -0.2) is 5.78 Å². The van der Waals surface area contributed by atoms with Crippen molar-refractivity contribution in [2.24, 2.45) is 0 Å². The predicted molar refractivity (Wildman–Crippen MR) is 156 cm³/mol. The average Bonchev–Trinajstić information content (AvgIpc) is 2.95. The predicted octanol–water partition coefficient (Wildman–Crippen LogP) is 9.14. The molecule has 0 aliphatic carbocycles. The van der Waals surface area contributed by atoms with Crippen LogP contribution in [0.5, 0.6) is 0 Å². The third kappa shape index (κ3) is 7.86. The average molecular weight is 493 g/mol. The van der Waals surface area contributed by atoms with Crippen LogP contribution in [0.1, 0.15) is 87.1 Å². The molecule has 0 saturated heterocycles. The molecule has 1 aromatic heterocycles. The van der Waals surface area contributed by atoms with Crippen LogP contribution in [0, 0.1) is 0 Å². The minimum Gasteiger partial charge on any atom is -0.287 e. The molecule has 0 saturated carbocycles. The largest absolute Gasteiger partial charge is 0.287 e. The Morgan fingerprint density at radius 1 is 0.649 bits per heavy atom. The molecule has 0 bridgehead atoms. The van der Waals surface area contributed by atoms with Crippen molar-refractivity contribution < 1.29 is 9.36 Å². The Labute approximate surface area is 223 Å². The van der Waals surface area contributed by atoms with Gasteiger partial charge in [-0.05, 0) is 42.0 Å². The van der Waals surface area contributed by atoms with Gasteiger partial charge in [0.15, 0.2) is 6.20 Å². The fraction of sp³-hybridized carbons (Fsp3) is 0.371. The Balaban J connectivity index is 1.38. The maximum atomic E-state index is 13.0. The molecular weight excluding hydrogens is 450 g/mol. The molecule has 37 heavy (non-hydrogen) atoms. The molecule has 4 rings (SSSR count). The number of nitrogens with zero attached hydrogens (tertiary/aromatic N) is 1. The number of benzene rings is 3. The summed E-state index contributed by atoms with van der Waals surface area (Å²) in [5.74, 6) is 0.125. The lowest BCUT2D eigenvalue weighted by molar-refractivity contribution is -0.671. The first-order chi connectivity index (χ1) is 18.3. The number of ketones is 1. The van der Waals surface area contributed by atoms with Crippen molar-refractivity contribution in [3.05, 3.63) is 102 Å². The Morgan fingerprint density at radius 3 is 1.97 bits per heavy atom. The van der Waals surface area contributed by atoms with Crippen LogP contribution < -0.4 is 4.57 Å². The number of fused-ring (bicyclic) bond motifs is 1. The van der Waals surface area contributed by atoms with E-state index in [1.54, 1.807) is 0 Å². The van der Waals surface area contributed by atoms with E-state index < -0.39 is 0 Å². The molecule has 192 valence electrons. The third-order valence-corrected chi connectivity index (χ3v) is 7.39. The summed E-state index contributed by atoms with van der Waals surface area (Å²) in [6, 6.07) is 29.1. The van der Waals surface area contributed by atoms with Crippen molar-refractivity contribution in [3.8, 4) is 11.3 Å². The third-order valence-electron chi connectivity index (χ3n) is 7.39. The topological polar surface area (TPSA) is 20.9 Å². The van der Waals surface area contributed by atoms with E-state index in [9.17, 15) is 4.79 Å². The van der Waals surface area contributed by atoms with Gasteiger partial charge in [0.2, 0.25) is 18.0 Å². The highest BCUT2D eigenvalue weighted by Crippen LogP contribution is 2.26. The molecule has 0 unspecified atom stereocenters. The zero-order valence-electron chi connectivity index (χ0n) is 22.5. The molecular formula is C35H42NO+. The van der Waals surface area contributed by atoms with E-state index >= 15 is 0 Å². The highest BCUT2D eigenvalue weighted by Gasteiger charge is 2.21. The fourth-order valence-corrected chi connectivity index (χ4v) is 5.23. The number of aromatic nitrogens is 1. The zero-order chi connectivity index (χ0) is 25.7. The van der Waals surface area contributed by atoms with Gasteiger partial charge in [0.1, 0.15) is 0 Å². The summed E-state index contributed by atoms with van der Waals surface area (Å²) >= 11 is 0. The fourth-order valence-electron chi connectivity index (χ4n) is 5.23. The van der Waals surface area contributed by atoms with E-state index in [4.69, 9.17) is 0 Å². The van der Waals surface area contributed by atoms with Gasteiger partial charge in [-0.15, -0.1) is 0 Å². The van der Waals surface area contributed by atoms with Crippen LogP contribution in [0.4, 0.5) is 0 Å². The number of carbonyl (C=O) groups excluding carboxylic acids is 1. The van der Waals surface area contributed by atoms with Gasteiger partial charge in [0.25, 0.3) is 0 Å². The summed E-state index contributed by atoms with van der Waals surface area (Å²) in [6.07, 6.45) is 16.9. The molecule has 0 radical (unpaired) electrons. The molecule has 2 heteroatoms. The highest BCUT2D eigenvalue weighted by atomic mass is 16.1. The van der Waals surface area contributed by atoms with Gasteiger partial charge in [0.05, 0.1) is 5.39 Å². The maximum Gasteiger partial charge on any atom is 0.227 e. The van der Waals surface area contributed by atoms with Crippen LogP contribution in [0.2, 0.25) is 0 Å². The van der Waals surface area contributed by atoms with Crippen LogP contribution in [-0.2, 0) is 13.0 Å². The molecule has 0 atom stereocenters. The van der Waals surface area contributed by atoms with E-state index in [1.807, 2.05) is 30.3 Å². The van der Waals surface area contributed by atoms with Gasteiger partial charge in [0, 0.05) is 17.2 Å². The Kier molecular flexibility index (Phi) is 10.5.